The highest BCUT2D eigenvalue weighted by Crippen LogP contribution is 2.27. The summed E-state index contributed by atoms with van der Waals surface area (Å²) < 4.78 is 0. The third-order valence-corrected chi connectivity index (χ3v) is 6.39. The first-order valence-electron chi connectivity index (χ1n) is 11.2. The van der Waals surface area contributed by atoms with Crippen LogP contribution >= 0.6 is 0 Å². The number of nitrogens with zero attached hydrogens (tertiary/aromatic N) is 2. The lowest BCUT2D eigenvalue weighted by molar-refractivity contribution is -0.143. The number of benzene rings is 3. The highest BCUT2D eigenvalue weighted by molar-refractivity contribution is 6.00. The van der Waals surface area contributed by atoms with E-state index in [-0.39, 0.29) is 24.3 Å². The van der Waals surface area contributed by atoms with Crippen LogP contribution in [0.15, 0.2) is 78.9 Å². The predicted octanol–water partition coefficient (Wildman–Crippen LogP) is 2.88. The molecule has 3 aromatic carbocycles. The van der Waals surface area contributed by atoms with Crippen LogP contribution in [-0.4, -0.2) is 53.2 Å². The Morgan fingerprint density at radius 3 is 2.36 bits per heavy atom. The minimum atomic E-state index is -0.615. The van der Waals surface area contributed by atoms with Gasteiger partial charge in [-0.2, -0.15) is 0 Å². The van der Waals surface area contributed by atoms with E-state index in [0.29, 0.717) is 31.6 Å². The summed E-state index contributed by atoms with van der Waals surface area (Å²) in [6.07, 6.45) is 0.414. The van der Waals surface area contributed by atoms with E-state index < -0.39 is 6.04 Å². The van der Waals surface area contributed by atoms with Crippen molar-refractivity contribution in [1.29, 1.82) is 0 Å². The number of carbonyl (C=O) groups excluding carboxylic acids is 3. The number of hydrogen-bond donors (Lipinski definition) is 1. The largest absolute Gasteiger partial charge is 0.353 e. The van der Waals surface area contributed by atoms with Crippen molar-refractivity contribution in [2.75, 3.05) is 19.6 Å². The maximum Gasteiger partial charge on any atom is 0.254 e. The smallest absolute Gasteiger partial charge is 0.254 e. The van der Waals surface area contributed by atoms with Gasteiger partial charge in [0.15, 0.2) is 0 Å². The molecule has 3 aromatic rings. The van der Waals surface area contributed by atoms with Crippen molar-refractivity contribution >= 4 is 17.7 Å². The molecular weight excluding hydrogens is 414 g/mol. The van der Waals surface area contributed by atoms with Crippen LogP contribution in [0.2, 0.25) is 0 Å². The molecule has 6 heteroatoms. The van der Waals surface area contributed by atoms with Crippen molar-refractivity contribution in [3.05, 3.63) is 95.6 Å². The van der Waals surface area contributed by atoms with Crippen LogP contribution in [0.4, 0.5) is 0 Å². The van der Waals surface area contributed by atoms with Gasteiger partial charge in [-0.25, -0.2) is 0 Å². The SMILES string of the molecule is O=C1NCCN(C(=O)CN2Cc3ccccc3C2=O)C1Cc1ccccc1-c1ccccc1. The van der Waals surface area contributed by atoms with Crippen LogP contribution in [0, 0.1) is 0 Å². The van der Waals surface area contributed by atoms with Gasteiger partial charge in [0, 0.05) is 31.6 Å². The van der Waals surface area contributed by atoms with E-state index in [1.54, 1.807) is 15.9 Å². The van der Waals surface area contributed by atoms with E-state index in [9.17, 15) is 14.4 Å². The highest BCUT2D eigenvalue weighted by atomic mass is 16.2. The van der Waals surface area contributed by atoms with Crippen LogP contribution in [0.3, 0.4) is 0 Å². The number of rotatable bonds is 5. The molecule has 166 valence electrons. The van der Waals surface area contributed by atoms with Gasteiger partial charge in [0.2, 0.25) is 11.8 Å². The van der Waals surface area contributed by atoms with E-state index in [2.05, 4.69) is 5.32 Å². The van der Waals surface area contributed by atoms with E-state index in [1.165, 1.54) is 0 Å². The second-order valence-electron chi connectivity index (χ2n) is 8.44. The van der Waals surface area contributed by atoms with Crippen LogP contribution < -0.4 is 5.32 Å². The molecule has 0 saturated carbocycles. The molecule has 6 nitrogen and oxygen atoms in total. The fraction of sp³-hybridized carbons (Fsp3) is 0.222. The van der Waals surface area contributed by atoms with Crippen molar-refractivity contribution in [1.82, 2.24) is 15.1 Å². The molecule has 0 spiro atoms. The number of piperazine rings is 1. The van der Waals surface area contributed by atoms with Crippen LogP contribution in [0.25, 0.3) is 11.1 Å². The maximum absolute atomic E-state index is 13.3. The van der Waals surface area contributed by atoms with E-state index >= 15 is 0 Å². The van der Waals surface area contributed by atoms with E-state index in [1.807, 2.05) is 72.8 Å². The highest BCUT2D eigenvalue weighted by Gasteiger charge is 2.36. The predicted molar refractivity (Wildman–Crippen MR) is 125 cm³/mol. The lowest BCUT2D eigenvalue weighted by atomic mass is 9.93. The van der Waals surface area contributed by atoms with Gasteiger partial charge in [0.1, 0.15) is 12.6 Å². The first-order chi connectivity index (χ1) is 16.1. The van der Waals surface area contributed by atoms with E-state index in [0.717, 1.165) is 22.3 Å². The molecule has 3 amide bonds. The van der Waals surface area contributed by atoms with Crippen molar-refractivity contribution in [3.63, 3.8) is 0 Å². The first-order valence-corrected chi connectivity index (χ1v) is 11.2. The molecule has 0 radical (unpaired) electrons. The Labute approximate surface area is 192 Å². The molecule has 33 heavy (non-hydrogen) atoms. The Hall–Kier alpha value is -3.93. The maximum atomic E-state index is 13.3. The second kappa shape index (κ2) is 8.90. The van der Waals surface area contributed by atoms with Crippen LogP contribution in [0.5, 0.6) is 0 Å². The molecule has 1 atom stereocenters. The zero-order valence-electron chi connectivity index (χ0n) is 18.2. The fourth-order valence-corrected chi connectivity index (χ4v) is 4.72. The topological polar surface area (TPSA) is 69.7 Å². The minimum Gasteiger partial charge on any atom is -0.353 e. The Morgan fingerprint density at radius 2 is 1.58 bits per heavy atom. The molecule has 1 unspecified atom stereocenters. The molecule has 5 rings (SSSR count). The summed E-state index contributed by atoms with van der Waals surface area (Å²) in [5.74, 6) is -0.493. The van der Waals surface area contributed by atoms with Crippen molar-refractivity contribution in [2.24, 2.45) is 0 Å². The second-order valence-corrected chi connectivity index (χ2v) is 8.44. The number of nitrogens with one attached hydrogen (secondary N) is 1. The van der Waals surface area contributed by atoms with Gasteiger partial charge in [-0.05, 0) is 28.3 Å². The lowest BCUT2D eigenvalue weighted by Crippen LogP contribution is -2.59. The summed E-state index contributed by atoms with van der Waals surface area (Å²) in [7, 11) is 0. The van der Waals surface area contributed by atoms with E-state index in [4.69, 9.17) is 0 Å². The lowest BCUT2D eigenvalue weighted by Gasteiger charge is -2.36. The van der Waals surface area contributed by atoms with Gasteiger partial charge in [-0.1, -0.05) is 72.8 Å². The average Bonchev–Trinajstić information content (AvgIpc) is 3.16. The fourth-order valence-electron chi connectivity index (χ4n) is 4.72. The summed E-state index contributed by atoms with van der Waals surface area (Å²) in [6.45, 7) is 1.23. The summed E-state index contributed by atoms with van der Waals surface area (Å²) in [4.78, 5) is 42.1. The summed E-state index contributed by atoms with van der Waals surface area (Å²) in [5.41, 5.74) is 4.71. The molecule has 0 bridgehead atoms. The van der Waals surface area contributed by atoms with Gasteiger partial charge in [0.25, 0.3) is 5.91 Å². The quantitative estimate of drug-likeness (QED) is 0.665. The summed E-state index contributed by atoms with van der Waals surface area (Å²) >= 11 is 0. The molecule has 1 N–H and O–H groups in total. The average molecular weight is 440 g/mol. The number of fused-ring (bicyclic) bond motifs is 1. The van der Waals surface area contributed by atoms with Crippen molar-refractivity contribution in [3.8, 4) is 11.1 Å². The number of amides is 3. The van der Waals surface area contributed by atoms with Crippen molar-refractivity contribution < 1.29 is 14.4 Å². The van der Waals surface area contributed by atoms with Crippen LogP contribution in [0.1, 0.15) is 21.5 Å². The zero-order chi connectivity index (χ0) is 22.8. The van der Waals surface area contributed by atoms with Gasteiger partial charge in [0.05, 0.1) is 0 Å². The standard InChI is InChI=1S/C27H25N3O3/c31-25(18-29-17-21-11-5-7-13-23(21)27(29)33)30-15-14-28-26(32)24(30)16-20-10-4-6-12-22(20)19-8-2-1-3-9-19/h1-13,24H,14-18H2,(H,28,32). The van der Waals surface area contributed by atoms with Gasteiger partial charge >= 0.3 is 0 Å². The van der Waals surface area contributed by atoms with Crippen LogP contribution in [-0.2, 0) is 22.6 Å². The van der Waals surface area contributed by atoms with Gasteiger partial charge in [-0.3, -0.25) is 14.4 Å². The molecular formula is C27H25N3O3. The Bertz CT molecular complexity index is 1210. The minimum absolute atomic E-state index is 0.0301. The third kappa shape index (κ3) is 4.12. The summed E-state index contributed by atoms with van der Waals surface area (Å²) in [6, 6.07) is 24.8. The molecule has 0 aromatic heterocycles. The number of carbonyl (C=O) groups is 3. The van der Waals surface area contributed by atoms with Gasteiger partial charge in [-0.15, -0.1) is 0 Å². The monoisotopic (exact) mass is 439 g/mol. The molecule has 1 saturated heterocycles. The van der Waals surface area contributed by atoms with Gasteiger partial charge < -0.3 is 15.1 Å². The number of hydrogen-bond acceptors (Lipinski definition) is 3. The normalized spacial score (nSPS) is 17.6. The molecule has 2 heterocycles. The molecule has 0 aliphatic carbocycles. The zero-order valence-corrected chi connectivity index (χ0v) is 18.2. The molecule has 1 fully saturated rings. The first kappa shape index (κ1) is 20.9. The Balaban J connectivity index is 1.36. The third-order valence-electron chi connectivity index (χ3n) is 6.39. The molecule has 2 aliphatic rings. The molecule has 2 aliphatic heterocycles. The van der Waals surface area contributed by atoms with Crippen molar-refractivity contribution in [2.45, 2.75) is 19.0 Å². The Morgan fingerprint density at radius 1 is 0.879 bits per heavy atom. The Kier molecular flexibility index (Phi) is 5.65. The summed E-state index contributed by atoms with van der Waals surface area (Å²) in [5, 5.41) is 2.90.